The lowest BCUT2D eigenvalue weighted by atomic mass is 10.1. The summed E-state index contributed by atoms with van der Waals surface area (Å²) in [6, 6.07) is 23.2. The molecule has 2 aromatic carbocycles. The highest BCUT2D eigenvalue weighted by Crippen LogP contribution is 2.22. The summed E-state index contributed by atoms with van der Waals surface area (Å²) in [5.74, 6) is 0.575. The maximum Gasteiger partial charge on any atom is 0.160 e. The first-order valence-corrected chi connectivity index (χ1v) is 12.3. The molecule has 6 heteroatoms. The van der Waals surface area contributed by atoms with E-state index in [1.54, 1.807) is 24.5 Å². The van der Waals surface area contributed by atoms with Crippen molar-refractivity contribution in [3.63, 3.8) is 0 Å². The first kappa shape index (κ1) is 23.3. The van der Waals surface area contributed by atoms with Gasteiger partial charge in [-0.3, -0.25) is 9.88 Å². The van der Waals surface area contributed by atoms with E-state index in [-0.39, 0.29) is 5.82 Å². The van der Waals surface area contributed by atoms with Crippen molar-refractivity contribution in [3.8, 4) is 22.6 Å². The molecule has 0 N–H and O–H groups in total. The second-order valence-corrected chi connectivity index (χ2v) is 9.02. The third-order valence-electron chi connectivity index (χ3n) is 6.45. The Kier molecular flexibility index (Phi) is 7.51. The van der Waals surface area contributed by atoms with Gasteiger partial charge in [0, 0.05) is 61.8 Å². The Labute approximate surface area is 206 Å². The molecule has 3 heterocycles. The van der Waals surface area contributed by atoms with Crippen molar-refractivity contribution in [2.24, 2.45) is 0 Å². The molecule has 0 spiro atoms. The minimum Gasteiger partial charge on any atom is -0.302 e. The van der Waals surface area contributed by atoms with E-state index in [1.165, 1.54) is 6.07 Å². The quantitative estimate of drug-likeness (QED) is 0.379. The fraction of sp³-hybridized carbons (Fsp3) is 0.276. The van der Waals surface area contributed by atoms with Crippen molar-refractivity contribution in [1.82, 2.24) is 24.8 Å². The molecule has 1 fully saturated rings. The van der Waals surface area contributed by atoms with E-state index in [2.05, 4.69) is 33.0 Å². The van der Waals surface area contributed by atoms with Gasteiger partial charge in [-0.25, -0.2) is 14.4 Å². The van der Waals surface area contributed by atoms with Crippen molar-refractivity contribution in [2.75, 3.05) is 32.7 Å². The lowest BCUT2D eigenvalue weighted by molar-refractivity contribution is 0.252. The molecule has 178 valence electrons. The minimum absolute atomic E-state index is 0.162. The van der Waals surface area contributed by atoms with Crippen LogP contribution in [0.4, 0.5) is 4.39 Å². The molecular formula is C29H30FN5. The van der Waals surface area contributed by atoms with E-state index < -0.39 is 0 Å². The van der Waals surface area contributed by atoms with Crippen molar-refractivity contribution < 1.29 is 4.39 Å². The zero-order chi connectivity index (χ0) is 23.9. The van der Waals surface area contributed by atoms with Crippen LogP contribution in [-0.2, 0) is 13.0 Å². The Morgan fingerprint density at radius 2 is 1.54 bits per heavy atom. The third-order valence-corrected chi connectivity index (χ3v) is 6.45. The average Bonchev–Trinajstić information content (AvgIpc) is 3.13. The maximum absolute atomic E-state index is 13.6. The average molecular weight is 468 g/mol. The zero-order valence-electron chi connectivity index (χ0n) is 19.9. The van der Waals surface area contributed by atoms with Crippen LogP contribution in [0, 0.1) is 5.82 Å². The van der Waals surface area contributed by atoms with E-state index in [4.69, 9.17) is 9.97 Å². The number of hydrogen-bond donors (Lipinski definition) is 0. The highest BCUT2D eigenvalue weighted by Gasteiger charge is 2.16. The molecule has 1 aliphatic rings. The number of benzene rings is 2. The van der Waals surface area contributed by atoms with Crippen LogP contribution in [0.2, 0.25) is 0 Å². The number of aromatic nitrogens is 3. The fourth-order valence-corrected chi connectivity index (χ4v) is 4.58. The smallest absolute Gasteiger partial charge is 0.160 e. The zero-order valence-corrected chi connectivity index (χ0v) is 19.9. The van der Waals surface area contributed by atoms with Crippen molar-refractivity contribution in [1.29, 1.82) is 0 Å². The van der Waals surface area contributed by atoms with Crippen molar-refractivity contribution >= 4 is 0 Å². The van der Waals surface area contributed by atoms with Gasteiger partial charge in [0.2, 0.25) is 0 Å². The molecule has 2 aromatic heterocycles. The van der Waals surface area contributed by atoms with E-state index in [1.807, 2.05) is 36.4 Å². The minimum atomic E-state index is -0.162. The van der Waals surface area contributed by atoms with E-state index in [9.17, 15) is 4.39 Å². The number of hydrogen-bond acceptors (Lipinski definition) is 5. The molecule has 35 heavy (non-hydrogen) atoms. The molecule has 5 rings (SSSR count). The SMILES string of the molecule is Fc1cccc(CN2CCCN(CCc3cc(-c4ccccc4)nc(-c4ccncc4)n3)CC2)c1. The summed E-state index contributed by atoms with van der Waals surface area (Å²) in [6.07, 6.45) is 5.53. The standard InChI is InChI=1S/C29H30FN5/c30-26-9-4-6-23(20-26)22-35-16-5-15-34(18-19-35)17-12-27-21-28(24-7-2-1-3-8-24)33-29(32-27)25-10-13-31-14-11-25/h1-4,6-11,13-14,20-21H,5,12,15-19,22H2. The van der Waals surface area contributed by atoms with Crippen molar-refractivity contribution in [2.45, 2.75) is 19.4 Å². The van der Waals surface area contributed by atoms with Gasteiger partial charge in [-0.15, -0.1) is 0 Å². The monoisotopic (exact) mass is 467 g/mol. The summed E-state index contributed by atoms with van der Waals surface area (Å²) >= 11 is 0. The number of nitrogens with zero attached hydrogens (tertiary/aromatic N) is 5. The summed E-state index contributed by atoms with van der Waals surface area (Å²) in [5.41, 5.74) is 5.10. The molecule has 1 saturated heterocycles. The van der Waals surface area contributed by atoms with Gasteiger partial charge in [-0.05, 0) is 55.4 Å². The molecule has 0 atom stereocenters. The molecule has 0 unspecified atom stereocenters. The Hall–Kier alpha value is -3.48. The Balaban J connectivity index is 1.26. The molecule has 0 aliphatic carbocycles. The Morgan fingerprint density at radius 1 is 0.743 bits per heavy atom. The summed E-state index contributed by atoms with van der Waals surface area (Å²) in [6.45, 7) is 5.83. The van der Waals surface area contributed by atoms with Gasteiger partial charge < -0.3 is 4.90 Å². The Bertz CT molecular complexity index is 1170. The van der Waals surface area contributed by atoms with Crippen LogP contribution in [0.5, 0.6) is 0 Å². The summed E-state index contributed by atoms with van der Waals surface area (Å²) in [4.78, 5) is 18.8. The molecule has 4 aromatic rings. The topological polar surface area (TPSA) is 45.2 Å². The number of halogens is 1. The van der Waals surface area contributed by atoms with Gasteiger partial charge in [-0.1, -0.05) is 42.5 Å². The van der Waals surface area contributed by atoms with Crippen LogP contribution in [0.15, 0.2) is 85.2 Å². The van der Waals surface area contributed by atoms with Gasteiger partial charge in [0.15, 0.2) is 5.82 Å². The lowest BCUT2D eigenvalue weighted by Crippen LogP contribution is -2.32. The third kappa shape index (κ3) is 6.35. The highest BCUT2D eigenvalue weighted by molar-refractivity contribution is 5.63. The molecule has 1 aliphatic heterocycles. The van der Waals surface area contributed by atoms with Crippen LogP contribution in [0.3, 0.4) is 0 Å². The summed E-state index contributed by atoms with van der Waals surface area (Å²) < 4.78 is 13.6. The largest absolute Gasteiger partial charge is 0.302 e. The van der Waals surface area contributed by atoms with E-state index >= 15 is 0 Å². The summed E-state index contributed by atoms with van der Waals surface area (Å²) in [5, 5.41) is 0. The second kappa shape index (κ2) is 11.3. The van der Waals surface area contributed by atoms with Gasteiger partial charge in [0.25, 0.3) is 0 Å². The van der Waals surface area contributed by atoms with Crippen LogP contribution >= 0.6 is 0 Å². The van der Waals surface area contributed by atoms with Crippen LogP contribution in [-0.4, -0.2) is 57.5 Å². The molecule has 5 nitrogen and oxygen atoms in total. The van der Waals surface area contributed by atoms with Crippen molar-refractivity contribution in [3.05, 3.63) is 102 Å². The fourth-order valence-electron chi connectivity index (χ4n) is 4.58. The maximum atomic E-state index is 13.6. The predicted molar refractivity (Wildman–Crippen MR) is 137 cm³/mol. The second-order valence-electron chi connectivity index (χ2n) is 9.02. The van der Waals surface area contributed by atoms with Gasteiger partial charge in [0.1, 0.15) is 5.82 Å². The number of pyridine rings is 1. The van der Waals surface area contributed by atoms with Crippen LogP contribution < -0.4 is 0 Å². The molecule has 0 amide bonds. The summed E-state index contributed by atoms with van der Waals surface area (Å²) in [7, 11) is 0. The molecule has 0 saturated carbocycles. The first-order chi connectivity index (χ1) is 17.2. The highest BCUT2D eigenvalue weighted by atomic mass is 19.1. The Morgan fingerprint density at radius 3 is 2.37 bits per heavy atom. The first-order valence-electron chi connectivity index (χ1n) is 12.3. The predicted octanol–water partition coefficient (Wildman–Crippen LogP) is 5.10. The van der Waals surface area contributed by atoms with Gasteiger partial charge >= 0.3 is 0 Å². The van der Waals surface area contributed by atoms with Gasteiger partial charge in [0.05, 0.1) is 5.69 Å². The number of rotatable bonds is 7. The lowest BCUT2D eigenvalue weighted by Gasteiger charge is -2.22. The molecule has 0 bridgehead atoms. The van der Waals surface area contributed by atoms with E-state index in [0.717, 1.165) is 86.0 Å². The normalized spacial score (nSPS) is 15.1. The molecule has 0 radical (unpaired) electrons. The van der Waals surface area contributed by atoms with Crippen LogP contribution in [0.1, 0.15) is 17.7 Å². The van der Waals surface area contributed by atoms with E-state index in [0.29, 0.717) is 0 Å². The van der Waals surface area contributed by atoms with Crippen LogP contribution in [0.25, 0.3) is 22.6 Å². The molecular weight excluding hydrogens is 437 g/mol. The van der Waals surface area contributed by atoms with Gasteiger partial charge in [-0.2, -0.15) is 0 Å².